The first-order valence-corrected chi connectivity index (χ1v) is 15.7. The number of rotatable bonds is 12. The zero-order valence-corrected chi connectivity index (χ0v) is 23.8. The van der Waals surface area contributed by atoms with Crippen LogP contribution in [0.2, 0.25) is 12.1 Å². The first kappa shape index (κ1) is 29.6. The number of thioether (sulfide) groups is 3. The van der Waals surface area contributed by atoms with Gasteiger partial charge in [0.1, 0.15) is 28.2 Å². The second-order valence-corrected chi connectivity index (χ2v) is 16.1. The van der Waals surface area contributed by atoms with Gasteiger partial charge in [-0.2, -0.15) is 0 Å². The van der Waals surface area contributed by atoms with Crippen molar-refractivity contribution in [3.8, 4) is 0 Å². The summed E-state index contributed by atoms with van der Waals surface area (Å²) in [5.74, 6) is 1.70. The Bertz CT molecular complexity index is 476. The molecule has 0 bridgehead atoms. The lowest BCUT2D eigenvalue weighted by Gasteiger charge is -2.24. The minimum atomic E-state index is -2.56. The van der Waals surface area contributed by atoms with Gasteiger partial charge < -0.3 is 26.6 Å². The molecule has 0 aliphatic heterocycles. The normalized spacial score (nSPS) is 12.2. The van der Waals surface area contributed by atoms with E-state index in [-0.39, 0.29) is 0 Å². The highest BCUT2D eigenvalue weighted by Crippen LogP contribution is 2.28. The molecule has 172 valence electrons. The number of hydrogen-bond acceptors (Lipinski definition) is 9. The molecular weight excluding hydrogens is 469 g/mol. The van der Waals surface area contributed by atoms with Crippen LogP contribution in [-0.4, -0.2) is 118 Å². The topological polar surface area (TPSA) is 61.4 Å². The average molecular weight is 507 g/mol. The molecule has 0 atom stereocenters. The monoisotopic (exact) mass is 506 g/mol. The van der Waals surface area contributed by atoms with Crippen molar-refractivity contribution in [3.63, 3.8) is 0 Å². The van der Waals surface area contributed by atoms with Crippen molar-refractivity contribution in [3.05, 3.63) is 0 Å². The van der Waals surface area contributed by atoms with Crippen molar-refractivity contribution in [2.24, 2.45) is 0 Å². The van der Waals surface area contributed by atoms with Gasteiger partial charge in [-0.1, -0.05) is 0 Å². The van der Waals surface area contributed by atoms with Gasteiger partial charge in [-0.3, -0.25) is 0 Å². The highest BCUT2D eigenvalue weighted by molar-refractivity contribution is 8.53. The van der Waals surface area contributed by atoms with Crippen molar-refractivity contribution >= 4 is 61.6 Å². The minimum Gasteiger partial charge on any atom is -0.377 e. The summed E-state index contributed by atoms with van der Waals surface area (Å²) in [6.45, 7) is 0. The van der Waals surface area contributed by atoms with E-state index in [9.17, 15) is 0 Å². The van der Waals surface area contributed by atoms with Gasteiger partial charge >= 0.3 is 17.6 Å². The van der Waals surface area contributed by atoms with Gasteiger partial charge in [0, 0.05) is 66.3 Å². The maximum absolute atomic E-state index is 5.52. The van der Waals surface area contributed by atoms with Gasteiger partial charge in [0.2, 0.25) is 0 Å². The zero-order chi connectivity index (χ0) is 22.5. The third-order valence-corrected chi connectivity index (χ3v) is 14.5. The van der Waals surface area contributed by atoms with Crippen LogP contribution in [0.15, 0.2) is 0 Å². The van der Waals surface area contributed by atoms with Crippen molar-refractivity contribution in [1.29, 1.82) is 0 Å². The van der Waals surface area contributed by atoms with E-state index in [2.05, 4.69) is 37.3 Å². The molecule has 0 amide bonds. The molecule has 0 radical (unpaired) electrons. The lowest BCUT2D eigenvalue weighted by Crippen LogP contribution is -2.43. The smallest absolute Gasteiger partial charge is 0.377 e. The molecule has 0 unspecified atom stereocenters. The highest BCUT2D eigenvalue weighted by atomic mass is 32.2. The molecule has 0 N–H and O–H groups in total. The second-order valence-electron chi connectivity index (χ2n) is 6.21. The molecule has 0 aromatic carbocycles. The fourth-order valence-corrected chi connectivity index (χ4v) is 10.2. The second kappa shape index (κ2) is 15.4. The molecular formula is C16H38N2O6S3Si2+2. The van der Waals surface area contributed by atoms with Crippen LogP contribution in [0.25, 0.3) is 0 Å². The van der Waals surface area contributed by atoms with E-state index in [4.69, 9.17) is 26.6 Å². The largest absolute Gasteiger partial charge is 0.501 e. The Morgan fingerprint density at radius 1 is 0.586 bits per heavy atom. The SMILES string of the molecule is CO[Si](CCSC(SC(SCC[Si](OC)(OC)OC)=[N+](C)C)=[N+](C)C)(OC)OC. The summed E-state index contributed by atoms with van der Waals surface area (Å²) in [6.07, 6.45) is 0. The summed E-state index contributed by atoms with van der Waals surface area (Å²) >= 11 is 5.30. The van der Waals surface area contributed by atoms with E-state index < -0.39 is 17.6 Å². The van der Waals surface area contributed by atoms with Crippen molar-refractivity contribution < 1.29 is 35.7 Å². The lowest BCUT2D eigenvalue weighted by atomic mass is 11.0. The molecule has 0 aromatic rings. The Labute approximate surface area is 191 Å². The molecule has 0 aliphatic rings. The van der Waals surface area contributed by atoms with Gasteiger partial charge in [-0.15, -0.1) is 0 Å². The average Bonchev–Trinajstić information content (AvgIpc) is 2.72. The summed E-state index contributed by atoms with van der Waals surface area (Å²) in [6, 6.07) is 1.49. The predicted octanol–water partition coefficient (Wildman–Crippen LogP) is 2.20. The van der Waals surface area contributed by atoms with Crippen LogP contribution in [0, 0.1) is 0 Å². The van der Waals surface area contributed by atoms with Crippen LogP contribution in [0.4, 0.5) is 0 Å². The van der Waals surface area contributed by atoms with Crippen LogP contribution < -0.4 is 0 Å². The van der Waals surface area contributed by atoms with Crippen molar-refractivity contribution in [2.75, 3.05) is 82.4 Å². The lowest BCUT2D eigenvalue weighted by molar-refractivity contribution is -0.460. The zero-order valence-electron chi connectivity index (χ0n) is 19.4. The molecule has 29 heavy (non-hydrogen) atoms. The molecule has 0 fully saturated rings. The molecule has 0 aromatic heterocycles. The Hall–Kier alpha value is 0.584. The maximum atomic E-state index is 5.52. The first-order chi connectivity index (χ1) is 13.7. The predicted molar refractivity (Wildman–Crippen MR) is 130 cm³/mol. The third kappa shape index (κ3) is 10.2. The van der Waals surface area contributed by atoms with Crippen molar-refractivity contribution in [1.82, 2.24) is 0 Å². The number of nitrogens with zero attached hydrogens (tertiary/aromatic N) is 2. The summed E-state index contributed by atoms with van der Waals surface area (Å²) < 4.78 is 39.8. The van der Waals surface area contributed by atoms with E-state index in [1.54, 1.807) is 77.9 Å². The summed E-state index contributed by atoms with van der Waals surface area (Å²) in [7, 11) is 13.0. The fourth-order valence-electron chi connectivity index (χ4n) is 2.21. The van der Waals surface area contributed by atoms with Gasteiger partial charge in [-0.25, -0.2) is 9.15 Å². The molecule has 8 nitrogen and oxygen atoms in total. The van der Waals surface area contributed by atoms with Crippen LogP contribution in [-0.2, 0) is 26.6 Å². The minimum absolute atomic E-state index is 0.743. The molecule has 13 heteroatoms. The van der Waals surface area contributed by atoms with E-state index >= 15 is 0 Å². The van der Waals surface area contributed by atoms with Crippen LogP contribution >= 0.6 is 35.3 Å². The Morgan fingerprint density at radius 2 is 0.862 bits per heavy atom. The van der Waals surface area contributed by atoms with Gasteiger partial charge in [0.15, 0.2) is 0 Å². The van der Waals surface area contributed by atoms with Crippen LogP contribution in [0.5, 0.6) is 0 Å². The summed E-state index contributed by atoms with van der Waals surface area (Å²) in [5, 5.41) is 0. The van der Waals surface area contributed by atoms with E-state index in [0.29, 0.717) is 0 Å². The molecule has 0 rings (SSSR count). The van der Waals surface area contributed by atoms with E-state index in [1.807, 2.05) is 0 Å². The highest BCUT2D eigenvalue weighted by Gasteiger charge is 2.39. The van der Waals surface area contributed by atoms with E-state index in [1.165, 1.54) is 8.75 Å². The standard InChI is InChI=1S/C16H38N2O6S3Si2/c1-17(2)15(25-11-13-28(19-5,20-6)21-7)27-16(18(3)4)26-12-14-29(22-8,23-9)24-10/h11-14H2,1-10H3/q+2. The maximum Gasteiger partial charge on any atom is 0.501 e. The Kier molecular flexibility index (Phi) is 15.7. The Balaban J connectivity index is 4.97. The van der Waals surface area contributed by atoms with Crippen LogP contribution in [0.3, 0.4) is 0 Å². The molecule has 0 saturated carbocycles. The Morgan fingerprint density at radius 3 is 1.07 bits per heavy atom. The first-order valence-electron chi connectivity index (χ1n) is 9.01. The van der Waals surface area contributed by atoms with Gasteiger partial charge in [0.25, 0.3) is 8.75 Å². The molecule has 0 aliphatic carbocycles. The quantitative estimate of drug-likeness (QED) is 0.172. The summed E-state index contributed by atoms with van der Waals surface area (Å²) in [5.41, 5.74) is 0. The molecule has 0 heterocycles. The molecule has 0 spiro atoms. The van der Waals surface area contributed by atoms with E-state index in [0.717, 1.165) is 23.6 Å². The van der Waals surface area contributed by atoms with Crippen LogP contribution in [0.1, 0.15) is 0 Å². The number of hydrogen-bond donors (Lipinski definition) is 0. The van der Waals surface area contributed by atoms with Gasteiger partial charge in [0.05, 0.1) is 11.8 Å². The molecule has 0 saturated heterocycles. The van der Waals surface area contributed by atoms with Crippen molar-refractivity contribution in [2.45, 2.75) is 12.1 Å². The third-order valence-electron chi connectivity index (χ3n) is 4.04. The van der Waals surface area contributed by atoms with Gasteiger partial charge in [-0.05, 0) is 23.5 Å². The summed E-state index contributed by atoms with van der Waals surface area (Å²) in [4.78, 5) is 0. The fraction of sp³-hybridized carbons (Fsp3) is 0.875.